The molecule has 3 aromatic carbocycles. The Bertz CT molecular complexity index is 2940. The van der Waals surface area contributed by atoms with Gasteiger partial charge in [-0.3, -0.25) is 28.9 Å². The van der Waals surface area contributed by atoms with E-state index in [1.807, 2.05) is 62.4 Å². The van der Waals surface area contributed by atoms with E-state index in [1.54, 1.807) is 29.5 Å². The van der Waals surface area contributed by atoms with Crippen molar-refractivity contribution in [3.05, 3.63) is 101 Å². The van der Waals surface area contributed by atoms with Gasteiger partial charge in [-0.2, -0.15) is 0 Å². The van der Waals surface area contributed by atoms with E-state index in [2.05, 4.69) is 52.6 Å². The summed E-state index contributed by atoms with van der Waals surface area (Å²) in [5.41, 5.74) is 5.58. The second kappa shape index (κ2) is 26.4. The van der Waals surface area contributed by atoms with Gasteiger partial charge in [0.2, 0.25) is 29.5 Å². The summed E-state index contributed by atoms with van der Waals surface area (Å²) in [5, 5.41) is 23.1. The van der Waals surface area contributed by atoms with Crippen LogP contribution in [0.3, 0.4) is 0 Å². The lowest BCUT2D eigenvalue weighted by molar-refractivity contribution is -0.144. The molecular weight excluding hydrogens is 1040 g/mol. The number of aromatic nitrogens is 3. The molecule has 416 valence electrons. The average molecular weight is 1110 g/mol. The maximum atomic E-state index is 14.1. The number of hydrogen-bond donors (Lipinski definition) is 5. The molecule has 5 heterocycles. The van der Waals surface area contributed by atoms with Gasteiger partial charge in [0.05, 0.1) is 45.0 Å². The van der Waals surface area contributed by atoms with Crippen molar-refractivity contribution in [1.29, 1.82) is 0 Å². The highest BCUT2D eigenvalue weighted by Gasteiger charge is 2.44. The SMILES string of the molecule is C=CC(=O)Nc1cc2c(Nc3ccc(F)c(Cl)c3)ncnc2cc1OCCCN1CCC(N2CCN(C(=O)CCCCC(=O)NC(C(=O)N3C[C@H](O)C[C@H]3C(=O)NCc3ccc(-c4scnc4C)cc3)C(C)(C)C)CC2)CC1. The number of thiazole rings is 1. The number of halogens is 2. The molecule has 3 atom stereocenters. The molecule has 0 bridgehead atoms. The monoisotopic (exact) mass is 1110 g/mol. The highest BCUT2D eigenvalue weighted by atomic mass is 35.5. The van der Waals surface area contributed by atoms with E-state index in [9.17, 15) is 33.5 Å². The third-order valence-corrected chi connectivity index (χ3v) is 16.0. The number of hydrogen-bond acceptors (Lipinski definition) is 14. The van der Waals surface area contributed by atoms with Crippen molar-refractivity contribution in [2.24, 2.45) is 5.41 Å². The molecule has 0 saturated carbocycles. The number of fused-ring (bicyclic) bond motifs is 1. The fourth-order valence-electron chi connectivity index (χ4n) is 10.3. The van der Waals surface area contributed by atoms with Crippen molar-refractivity contribution in [2.45, 2.75) is 110 Å². The molecule has 5 aromatic rings. The zero-order valence-corrected chi connectivity index (χ0v) is 46.4. The summed E-state index contributed by atoms with van der Waals surface area (Å²) >= 11 is 7.57. The van der Waals surface area contributed by atoms with Gasteiger partial charge in [0.15, 0.2) is 0 Å². The highest BCUT2D eigenvalue weighted by Crippen LogP contribution is 2.35. The summed E-state index contributed by atoms with van der Waals surface area (Å²) in [6.45, 7) is 17.5. The zero-order valence-electron chi connectivity index (χ0n) is 44.9. The van der Waals surface area contributed by atoms with Crippen LogP contribution in [0.5, 0.6) is 5.75 Å². The van der Waals surface area contributed by atoms with Crippen LogP contribution in [-0.4, -0.2) is 152 Å². The van der Waals surface area contributed by atoms with E-state index >= 15 is 0 Å². The number of β-amino-alcohol motifs (C(OH)–C–C–N with tert-alkyl or cyclic N) is 1. The summed E-state index contributed by atoms with van der Waals surface area (Å²) in [5.74, 6) is -1.03. The molecule has 5 amide bonds. The number of piperazine rings is 1. The summed E-state index contributed by atoms with van der Waals surface area (Å²) in [6.07, 6.45) is 6.15. The average Bonchev–Trinajstić information content (AvgIpc) is 4.06. The van der Waals surface area contributed by atoms with Crippen LogP contribution in [0.1, 0.15) is 83.4 Å². The number of piperidine rings is 1. The van der Waals surface area contributed by atoms with Crippen LogP contribution in [0.4, 0.5) is 21.6 Å². The number of benzene rings is 3. The second-order valence-electron chi connectivity index (χ2n) is 21.4. The maximum absolute atomic E-state index is 14.1. The number of anilines is 3. The third-order valence-electron chi connectivity index (χ3n) is 14.7. The van der Waals surface area contributed by atoms with Gasteiger partial charge in [-0.05, 0) is 99.0 Å². The van der Waals surface area contributed by atoms with E-state index < -0.39 is 41.2 Å². The largest absolute Gasteiger partial charge is 0.491 e. The Morgan fingerprint density at radius 2 is 1.69 bits per heavy atom. The smallest absolute Gasteiger partial charge is 0.247 e. The van der Waals surface area contributed by atoms with E-state index in [4.69, 9.17) is 16.3 Å². The van der Waals surface area contributed by atoms with Gasteiger partial charge in [-0.15, -0.1) is 11.3 Å². The van der Waals surface area contributed by atoms with Crippen molar-refractivity contribution in [3.8, 4) is 16.2 Å². The first-order chi connectivity index (χ1) is 37.4. The van der Waals surface area contributed by atoms with Crippen LogP contribution in [0.2, 0.25) is 5.02 Å². The number of likely N-dealkylation sites (tertiary alicyclic amines) is 2. The third kappa shape index (κ3) is 15.0. The van der Waals surface area contributed by atoms with Crippen LogP contribution < -0.4 is 26.0 Å². The van der Waals surface area contributed by atoms with Crippen molar-refractivity contribution in [1.82, 2.24) is 45.2 Å². The van der Waals surface area contributed by atoms with Gasteiger partial charge in [0.25, 0.3) is 0 Å². The van der Waals surface area contributed by atoms with Gasteiger partial charge >= 0.3 is 0 Å². The Hall–Kier alpha value is -6.58. The Balaban J connectivity index is 0.721. The standard InChI is InChI=1S/C57H71ClFN11O7S/c1-6-49(72)65-46-30-42-45(61-34-62-54(42)64-39-16-17-44(59)43(58)28-39)31-48(46)77-27-9-20-67-21-18-40(19-22-67)68-23-25-69(26-24-68)51(74)11-8-7-10-50(73)66-53(57(3,4)5)56(76)70-33-41(71)29-47(70)55(75)60-32-37-12-14-38(15-13-37)52-36(2)63-35-78-52/h6,12-17,28,30-31,34-35,40-41,47,53,71H,1,7-11,18-27,29,32-33H2,2-5H3,(H,60,75)(H,65,72)(H,66,73)(H,61,62,64)/t41-,47+,53?/m1/s1. The Morgan fingerprint density at radius 1 is 0.949 bits per heavy atom. The van der Waals surface area contributed by atoms with E-state index in [-0.39, 0.29) is 48.7 Å². The highest BCUT2D eigenvalue weighted by molar-refractivity contribution is 7.13. The normalized spacial score (nSPS) is 17.9. The quantitative estimate of drug-likeness (QED) is 0.0357. The predicted octanol–water partition coefficient (Wildman–Crippen LogP) is 7.47. The number of carbonyl (C=O) groups excluding carboxylic acids is 5. The number of aliphatic hydroxyl groups is 1. The second-order valence-corrected chi connectivity index (χ2v) is 22.6. The fourth-order valence-corrected chi connectivity index (χ4v) is 11.3. The lowest BCUT2D eigenvalue weighted by Crippen LogP contribution is -2.57. The van der Waals surface area contributed by atoms with Gasteiger partial charge in [0.1, 0.15) is 35.8 Å². The minimum absolute atomic E-state index is 0.00773. The molecule has 21 heteroatoms. The van der Waals surface area contributed by atoms with Gasteiger partial charge in [-0.1, -0.05) is 63.2 Å². The molecule has 5 N–H and O–H groups in total. The molecule has 2 aromatic heterocycles. The molecule has 3 aliphatic rings. The fraction of sp³-hybridized carbons (Fsp3) is 0.474. The van der Waals surface area contributed by atoms with Crippen molar-refractivity contribution >= 4 is 80.6 Å². The number of aliphatic hydroxyl groups excluding tert-OH is 1. The molecule has 1 unspecified atom stereocenters. The summed E-state index contributed by atoms with van der Waals surface area (Å²) < 4.78 is 20.0. The summed E-state index contributed by atoms with van der Waals surface area (Å²) in [7, 11) is 0. The summed E-state index contributed by atoms with van der Waals surface area (Å²) in [4.78, 5) is 89.2. The molecule has 0 spiro atoms. The van der Waals surface area contributed by atoms with Crippen molar-refractivity contribution < 1.29 is 38.2 Å². The number of rotatable bonds is 21. The van der Waals surface area contributed by atoms with Crippen molar-refractivity contribution in [2.75, 3.05) is 69.6 Å². The number of unbranched alkanes of at least 4 members (excludes halogenated alkanes) is 1. The Kier molecular flexibility index (Phi) is 19.5. The number of nitrogens with one attached hydrogen (secondary N) is 4. The first-order valence-electron chi connectivity index (χ1n) is 26.8. The lowest BCUT2D eigenvalue weighted by atomic mass is 9.85. The Labute approximate surface area is 464 Å². The first-order valence-corrected chi connectivity index (χ1v) is 28.1. The molecule has 18 nitrogen and oxygen atoms in total. The number of aryl methyl sites for hydroxylation is 1. The molecule has 0 aliphatic carbocycles. The van der Waals surface area contributed by atoms with Gasteiger partial charge < -0.3 is 45.8 Å². The topological polar surface area (TPSA) is 215 Å². The molecular formula is C57H71ClFN11O7S. The number of ether oxygens (including phenoxy) is 1. The minimum atomic E-state index is -0.927. The zero-order chi connectivity index (χ0) is 55.5. The lowest BCUT2D eigenvalue weighted by Gasteiger charge is -2.42. The number of amides is 5. The maximum Gasteiger partial charge on any atom is 0.247 e. The van der Waals surface area contributed by atoms with Crippen LogP contribution in [0.15, 0.2) is 79.1 Å². The van der Waals surface area contributed by atoms with E-state index in [0.717, 1.165) is 73.7 Å². The van der Waals surface area contributed by atoms with Gasteiger partial charge in [-0.25, -0.2) is 19.3 Å². The number of nitrogens with zero attached hydrogens (tertiary/aromatic N) is 7. The predicted molar refractivity (Wildman–Crippen MR) is 301 cm³/mol. The summed E-state index contributed by atoms with van der Waals surface area (Å²) in [6, 6.07) is 14.3. The van der Waals surface area contributed by atoms with Crippen LogP contribution in [0.25, 0.3) is 21.3 Å². The minimum Gasteiger partial charge on any atom is -0.491 e. The van der Waals surface area contributed by atoms with Crippen LogP contribution in [0, 0.1) is 18.2 Å². The van der Waals surface area contributed by atoms with Crippen LogP contribution >= 0.6 is 22.9 Å². The molecule has 3 fully saturated rings. The van der Waals surface area contributed by atoms with E-state index in [1.165, 1.54) is 29.4 Å². The molecule has 8 rings (SSSR count). The van der Waals surface area contributed by atoms with Crippen molar-refractivity contribution in [3.63, 3.8) is 0 Å². The van der Waals surface area contributed by atoms with Gasteiger partial charge in [0, 0.05) is 88.3 Å². The van der Waals surface area contributed by atoms with E-state index in [0.29, 0.717) is 78.8 Å². The molecule has 78 heavy (non-hydrogen) atoms. The Morgan fingerprint density at radius 3 is 2.38 bits per heavy atom. The first kappa shape index (κ1) is 57.6. The molecule has 0 radical (unpaired) electrons. The van der Waals surface area contributed by atoms with Crippen LogP contribution in [-0.2, 0) is 30.5 Å². The number of carbonyl (C=O) groups is 5. The molecule has 3 saturated heterocycles. The molecule has 3 aliphatic heterocycles.